The van der Waals surface area contributed by atoms with Gasteiger partial charge in [-0.1, -0.05) is 37.6 Å². The first-order valence-electron chi connectivity index (χ1n) is 9.27. The highest BCUT2D eigenvalue weighted by atomic mass is 35.5. The molecule has 0 fully saturated rings. The third kappa shape index (κ3) is 5.49. The Kier molecular flexibility index (Phi) is 7.46. The maximum atomic E-state index is 12.6. The second-order valence-electron chi connectivity index (χ2n) is 6.86. The van der Waals surface area contributed by atoms with Crippen molar-refractivity contribution in [2.24, 2.45) is 0 Å². The van der Waals surface area contributed by atoms with E-state index in [0.717, 1.165) is 11.1 Å². The zero-order chi connectivity index (χ0) is 20.8. The number of anilines is 1. The predicted octanol–water partition coefficient (Wildman–Crippen LogP) is 5.35. The molecule has 1 N–H and O–H groups in total. The van der Waals surface area contributed by atoms with Crippen LogP contribution in [0.15, 0.2) is 36.4 Å². The van der Waals surface area contributed by atoms with Crippen LogP contribution in [0.1, 0.15) is 55.1 Å². The first-order valence-corrected chi connectivity index (χ1v) is 9.65. The summed E-state index contributed by atoms with van der Waals surface area (Å²) >= 11 is 6.06. The fraction of sp³-hybridized carbons (Fsp3) is 0.364. The second kappa shape index (κ2) is 9.60. The Morgan fingerprint density at radius 1 is 1.11 bits per heavy atom. The van der Waals surface area contributed by atoms with E-state index in [9.17, 15) is 9.59 Å². The lowest BCUT2D eigenvalue weighted by Crippen LogP contribution is -2.30. The summed E-state index contributed by atoms with van der Waals surface area (Å²) in [5, 5.41) is 3.03. The number of amides is 1. The Morgan fingerprint density at radius 3 is 2.46 bits per heavy atom. The van der Waals surface area contributed by atoms with Crippen molar-refractivity contribution in [2.75, 3.05) is 11.9 Å². The van der Waals surface area contributed by atoms with E-state index in [0.29, 0.717) is 11.4 Å². The molecule has 2 aromatic carbocycles. The molecule has 28 heavy (non-hydrogen) atoms. The number of benzene rings is 2. The second-order valence-corrected chi connectivity index (χ2v) is 7.27. The van der Waals surface area contributed by atoms with E-state index in [1.807, 2.05) is 25.1 Å². The zero-order valence-corrected chi connectivity index (χ0v) is 17.6. The average Bonchev–Trinajstić information content (AvgIpc) is 2.63. The summed E-state index contributed by atoms with van der Waals surface area (Å²) in [6, 6.07) is 10.6. The van der Waals surface area contributed by atoms with Gasteiger partial charge in [-0.2, -0.15) is 0 Å². The van der Waals surface area contributed by atoms with Gasteiger partial charge >= 0.3 is 5.97 Å². The van der Waals surface area contributed by atoms with Crippen LogP contribution in [0.2, 0.25) is 5.02 Å². The molecule has 150 valence electrons. The molecule has 0 saturated carbocycles. The van der Waals surface area contributed by atoms with E-state index >= 15 is 0 Å². The van der Waals surface area contributed by atoms with Crippen LogP contribution in [0.3, 0.4) is 0 Å². The normalized spacial score (nSPS) is 11.8. The lowest BCUT2D eigenvalue weighted by molar-refractivity contribution is -0.122. The third-order valence-corrected chi connectivity index (χ3v) is 4.52. The van der Waals surface area contributed by atoms with Crippen LogP contribution in [-0.4, -0.2) is 24.6 Å². The molecule has 0 aliphatic heterocycles. The maximum absolute atomic E-state index is 12.6. The van der Waals surface area contributed by atoms with Crippen molar-refractivity contribution in [1.29, 1.82) is 0 Å². The number of esters is 1. The minimum atomic E-state index is -0.721. The van der Waals surface area contributed by atoms with Crippen molar-refractivity contribution in [1.82, 2.24) is 0 Å². The Balaban J connectivity index is 2.14. The van der Waals surface area contributed by atoms with Crippen LogP contribution < -0.4 is 10.1 Å². The Morgan fingerprint density at radius 2 is 1.82 bits per heavy atom. The van der Waals surface area contributed by atoms with Gasteiger partial charge in [0.2, 0.25) is 0 Å². The van der Waals surface area contributed by atoms with Crippen LogP contribution in [0.25, 0.3) is 0 Å². The molecule has 1 amide bonds. The monoisotopic (exact) mass is 403 g/mol. The van der Waals surface area contributed by atoms with Gasteiger partial charge in [-0.25, -0.2) is 4.79 Å². The molecule has 0 aromatic heterocycles. The highest BCUT2D eigenvalue weighted by molar-refractivity contribution is 6.33. The van der Waals surface area contributed by atoms with Gasteiger partial charge in [0.25, 0.3) is 5.91 Å². The number of hydrogen-bond donors (Lipinski definition) is 1. The van der Waals surface area contributed by atoms with E-state index in [1.54, 1.807) is 26.0 Å². The molecule has 5 nitrogen and oxygen atoms in total. The van der Waals surface area contributed by atoms with Gasteiger partial charge in [0, 0.05) is 5.69 Å². The summed E-state index contributed by atoms with van der Waals surface area (Å²) in [5.74, 6) is 0.109. The van der Waals surface area contributed by atoms with Crippen molar-refractivity contribution in [3.63, 3.8) is 0 Å². The van der Waals surface area contributed by atoms with Gasteiger partial charge in [0.05, 0.1) is 17.2 Å². The molecule has 0 radical (unpaired) electrons. The molecule has 0 aliphatic rings. The zero-order valence-electron chi connectivity index (χ0n) is 16.8. The van der Waals surface area contributed by atoms with Crippen molar-refractivity contribution in [3.05, 3.63) is 58.1 Å². The lowest BCUT2D eigenvalue weighted by atomic mass is 10.0. The number of rotatable bonds is 7. The van der Waals surface area contributed by atoms with Crippen molar-refractivity contribution < 1.29 is 19.1 Å². The first kappa shape index (κ1) is 21.8. The predicted molar refractivity (Wildman–Crippen MR) is 111 cm³/mol. The molecule has 0 saturated heterocycles. The summed E-state index contributed by atoms with van der Waals surface area (Å²) in [6.45, 7) is 9.77. The van der Waals surface area contributed by atoms with E-state index in [2.05, 4.69) is 19.2 Å². The molecule has 0 bridgehead atoms. The standard InChI is InChI=1S/C22H26ClNO4/c1-6-27-22(26)18-12-16(8-10-19(18)23)24-21(25)15(5)28-20-11-14(4)7-9-17(20)13(2)3/h7-13,15H,6H2,1-5H3,(H,24,25)/t15-/m1/s1. The number of nitrogens with one attached hydrogen (secondary N) is 1. The van der Waals surface area contributed by atoms with Crippen LogP contribution >= 0.6 is 11.6 Å². The van der Waals surface area contributed by atoms with Gasteiger partial charge in [-0.05, 0) is 62.1 Å². The van der Waals surface area contributed by atoms with Crippen LogP contribution in [0.5, 0.6) is 5.75 Å². The van der Waals surface area contributed by atoms with Crippen molar-refractivity contribution in [2.45, 2.75) is 46.6 Å². The number of ether oxygens (including phenoxy) is 2. The van der Waals surface area contributed by atoms with Gasteiger partial charge in [-0.15, -0.1) is 0 Å². The number of halogens is 1. The number of hydrogen-bond acceptors (Lipinski definition) is 4. The Bertz CT molecular complexity index is 864. The van der Waals surface area contributed by atoms with E-state index in [-0.39, 0.29) is 29.0 Å². The third-order valence-electron chi connectivity index (χ3n) is 4.19. The van der Waals surface area contributed by atoms with E-state index in [1.165, 1.54) is 6.07 Å². The molecule has 2 rings (SSSR count). The summed E-state index contributed by atoms with van der Waals surface area (Å²) in [6.07, 6.45) is -0.721. The molecule has 0 aliphatic carbocycles. The summed E-state index contributed by atoms with van der Waals surface area (Å²) in [5.41, 5.74) is 2.75. The first-order chi connectivity index (χ1) is 13.2. The largest absolute Gasteiger partial charge is 0.481 e. The number of carbonyl (C=O) groups excluding carboxylic acids is 2. The van der Waals surface area contributed by atoms with Gasteiger partial charge in [0.15, 0.2) is 6.10 Å². The number of aryl methyl sites for hydroxylation is 1. The van der Waals surface area contributed by atoms with E-state index in [4.69, 9.17) is 21.1 Å². The molecule has 0 heterocycles. The minimum Gasteiger partial charge on any atom is -0.481 e. The van der Waals surface area contributed by atoms with Crippen molar-refractivity contribution >= 4 is 29.2 Å². The summed E-state index contributed by atoms with van der Waals surface area (Å²) < 4.78 is 10.9. The molecular formula is C22H26ClNO4. The SMILES string of the molecule is CCOC(=O)c1cc(NC(=O)[C@@H](C)Oc2cc(C)ccc2C(C)C)ccc1Cl. The number of carbonyl (C=O) groups is 2. The fourth-order valence-electron chi connectivity index (χ4n) is 2.68. The quantitative estimate of drug-likeness (QED) is 0.632. The minimum absolute atomic E-state index is 0.204. The van der Waals surface area contributed by atoms with Gasteiger partial charge in [0.1, 0.15) is 5.75 Å². The Hall–Kier alpha value is -2.53. The van der Waals surface area contributed by atoms with Crippen molar-refractivity contribution in [3.8, 4) is 5.75 Å². The topological polar surface area (TPSA) is 64.6 Å². The van der Waals surface area contributed by atoms with Crippen LogP contribution in [0, 0.1) is 6.92 Å². The van der Waals surface area contributed by atoms with Gasteiger partial charge < -0.3 is 14.8 Å². The fourth-order valence-corrected chi connectivity index (χ4v) is 2.87. The summed E-state index contributed by atoms with van der Waals surface area (Å²) in [7, 11) is 0. The molecule has 1 atom stereocenters. The van der Waals surface area contributed by atoms with Crippen LogP contribution in [-0.2, 0) is 9.53 Å². The van der Waals surface area contributed by atoms with Gasteiger partial charge in [-0.3, -0.25) is 4.79 Å². The molecule has 0 spiro atoms. The smallest absolute Gasteiger partial charge is 0.339 e. The molecular weight excluding hydrogens is 378 g/mol. The maximum Gasteiger partial charge on any atom is 0.339 e. The highest BCUT2D eigenvalue weighted by Crippen LogP contribution is 2.28. The highest BCUT2D eigenvalue weighted by Gasteiger charge is 2.19. The lowest BCUT2D eigenvalue weighted by Gasteiger charge is -2.19. The van der Waals surface area contributed by atoms with Crippen LogP contribution in [0.4, 0.5) is 5.69 Å². The Labute approximate surface area is 171 Å². The summed E-state index contributed by atoms with van der Waals surface area (Å²) in [4.78, 5) is 24.6. The molecule has 6 heteroatoms. The molecule has 2 aromatic rings. The van der Waals surface area contributed by atoms with E-state index < -0.39 is 12.1 Å². The average molecular weight is 404 g/mol. The molecule has 0 unspecified atom stereocenters.